The molecule has 0 fully saturated rings. The molecule has 1 aromatic carbocycles. The van der Waals surface area contributed by atoms with Gasteiger partial charge in [0, 0.05) is 23.7 Å². The molecule has 3 aromatic rings. The maximum atomic E-state index is 13.5. The average molecular weight is 319 g/mol. The van der Waals surface area contributed by atoms with Crippen molar-refractivity contribution in [3.8, 4) is 0 Å². The summed E-state index contributed by atoms with van der Waals surface area (Å²) in [7, 11) is 0. The monoisotopic (exact) mass is 318 g/mol. The zero-order valence-corrected chi connectivity index (χ0v) is 13.4. The second-order valence-electron chi connectivity index (χ2n) is 5.74. The number of halogens is 2. The number of nitrogens with zero attached hydrogens (tertiary/aromatic N) is 2. The first-order valence-electron chi connectivity index (χ1n) is 7.13. The molecule has 2 heterocycles. The zero-order valence-electron chi connectivity index (χ0n) is 12.6. The molecule has 22 heavy (non-hydrogen) atoms. The number of fused-ring (bicyclic) bond motifs is 1. The van der Waals surface area contributed by atoms with Crippen LogP contribution in [0.3, 0.4) is 0 Å². The van der Waals surface area contributed by atoms with E-state index in [9.17, 15) is 4.39 Å². The lowest BCUT2D eigenvalue weighted by molar-refractivity contribution is 0.446. The number of hydrogen-bond acceptors (Lipinski definition) is 3. The van der Waals surface area contributed by atoms with E-state index in [4.69, 9.17) is 16.0 Å². The summed E-state index contributed by atoms with van der Waals surface area (Å²) in [5.74, 6) is 0.821. The molecule has 0 spiro atoms. The lowest BCUT2D eigenvalue weighted by atomic mass is 9.86. The molecule has 2 aromatic heterocycles. The van der Waals surface area contributed by atoms with Crippen LogP contribution >= 0.6 is 11.6 Å². The fraction of sp³-hybridized carbons (Fsp3) is 0.294. The van der Waals surface area contributed by atoms with E-state index in [2.05, 4.69) is 23.8 Å². The van der Waals surface area contributed by atoms with Gasteiger partial charge in [0.1, 0.15) is 17.2 Å². The fourth-order valence-corrected chi connectivity index (χ4v) is 2.93. The normalized spacial score (nSPS) is 13.0. The summed E-state index contributed by atoms with van der Waals surface area (Å²) in [6, 6.07) is 4.58. The number of aryl methyl sites for hydroxylation is 1. The molecule has 0 amide bonds. The molecule has 114 valence electrons. The Balaban J connectivity index is 2.16. The first-order chi connectivity index (χ1) is 10.5. The number of rotatable bonds is 3. The fourth-order valence-electron chi connectivity index (χ4n) is 2.83. The minimum atomic E-state index is -0.265. The van der Waals surface area contributed by atoms with Gasteiger partial charge in [-0.15, -0.1) is 0 Å². The Morgan fingerprint density at radius 3 is 2.50 bits per heavy atom. The molecule has 0 radical (unpaired) electrons. The van der Waals surface area contributed by atoms with Crippen LogP contribution in [0.15, 0.2) is 35.0 Å². The molecule has 3 rings (SSSR count). The van der Waals surface area contributed by atoms with Gasteiger partial charge >= 0.3 is 0 Å². The van der Waals surface area contributed by atoms with Gasteiger partial charge in [0.15, 0.2) is 0 Å². The van der Waals surface area contributed by atoms with Crippen molar-refractivity contribution in [2.45, 2.75) is 26.7 Å². The van der Waals surface area contributed by atoms with Crippen LogP contribution in [0.1, 0.15) is 36.7 Å². The molecule has 1 atom stereocenters. The Kier molecular flexibility index (Phi) is 3.87. The van der Waals surface area contributed by atoms with E-state index in [0.717, 1.165) is 22.3 Å². The Labute approximate surface area is 133 Å². The quantitative estimate of drug-likeness (QED) is 0.630. The van der Waals surface area contributed by atoms with Crippen LogP contribution < -0.4 is 0 Å². The minimum Gasteiger partial charge on any atom is -0.460 e. The highest BCUT2D eigenvalue weighted by Crippen LogP contribution is 2.38. The standard InChI is InChI=1S/C17H16ClFN2O/c1-9(2)15(11-7-20-17(18)21-8-11)16-10(3)13-6-12(19)4-5-14(13)22-16/h4-9,15H,1-3H3/t15-/m0/s1. The highest BCUT2D eigenvalue weighted by atomic mass is 35.5. The van der Waals surface area contributed by atoms with Gasteiger partial charge < -0.3 is 4.42 Å². The van der Waals surface area contributed by atoms with Gasteiger partial charge in [-0.3, -0.25) is 0 Å². The van der Waals surface area contributed by atoms with Crippen LogP contribution in [0.5, 0.6) is 0 Å². The molecule has 0 aliphatic rings. The highest BCUT2D eigenvalue weighted by Gasteiger charge is 2.26. The molecule has 0 unspecified atom stereocenters. The number of aromatic nitrogens is 2. The van der Waals surface area contributed by atoms with E-state index in [1.165, 1.54) is 12.1 Å². The molecule has 0 bridgehead atoms. The van der Waals surface area contributed by atoms with E-state index in [-0.39, 0.29) is 22.9 Å². The Morgan fingerprint density at radius 1 is 1.18 bits per heavy atom. The average Bonchev–Trinajstić information content (AvgIpc) is 2.78. The minimum absolute atomic E-state index is 0.00673. The van der Waals surface area contributed by atoms with Gasteiger partial charge in [-0.05, 0) is 53.8 Å². The summed E-state index contributed by atoms with van der Waals surface area (Å²) in [4.78, 5) is 8.12. The molecular formula is C17H16ClFN2O. The maximum absolute atomic E-state index is 13.5. The lowest BCUT2D eigenvalue weighted by Crippen LogP contribution is -2.09. The third kappa shape index (κ3) is 2.59. The van der Waals surface area contributed by atoms with Crippen LogP contribution in [-0.2, 0) is 0 Å². The smallest absolute Gasteiger partial charge is 0.222 e. The molecule has 0 aliphatic heterocycles. The van der Waals surface area contributed by atoms with Crippen molar-refractivity contribution in [2.24, 2.45) is 5.92 Å². The zero-order chi connectivity index (χ0) is 15.9. The summed E-state index contributed by atoms with van der Waals surface area (Å²) in [6.07, 6.45) is 3.43. The summed E-state index contributed by atoms with van der Waals surface area (Å²) in [5.41, 5.74) is 2.57. The van der Waals surface area contributed by atoms with Crippen molar-refractivity contribution in [1.82, 2.24) is 9.97 Å². The number of benzene rings is 1. The Hall–Kier alpha value is -1.94. The number of furan rings is 1. The van der Waals surface area contributed by atoms with Crippen LogP contribution in [0, 0.1) is 18.7 Å². The van der Waals surface area contributed by atoms with E-state index in [1.54, 1.807) is 18.5 Å². The van der Waals surface area contributed by atoms with Crippen molar-refractivity contribution in [2.75, 3.05) is 0 Å². The summed E-state index contributed by atoms with van der Waals surface area (Å²) in [6.45, 7) is 6.16. The molecule has 0 N–H and O–H groups in total. The first kappa shape index (κ1) is 15.0. The Morgan fingerprint density at radius 2 is 1.86 bits per heavy atom. The van der Waals surface area contributed by atoms with Gasteiger partial charge in [-0.25, -0.2) is 14.4 Å². The molecule has 5 heteroatoms. The predicted molar refractivity (Wildman–Crippen MR) is 84.6 cm³/mol. The third-order valence-corrected chi connectivity index (χ3v) is 4.08. The Bertz CT molecular complexity index is 811. The third-order valence-electron chi connectivity index (χ3n) is 3.88. The van der Waals surface area contributed by atoms with Crippen LogP contribution in [0.4, 0.5) is 4.39 Å². The van der Waals surface area contributed by atoms with E-state index in [1.807, 2.05) is 6.92 Å². The molecule has 0 saturated heterocycles. The van der Waals surface area contributed by atoms with Crippen LogP contribution in [0.2, 0.25) is 5.28 Å². The van der Waals surface area contributed by atoms with Crippen molar-refractivity contribution in [1.29, 1.82) is 0 Å². The summed E-state index contributed by atoms with van der Waals surface area (Å²) in [5, 5.41) is 1.02. The molecule has 3 nitrogen and oxygen atoms in total. The second kappa shape index (κ2) is 5.69. The molecular weight excluding hydrogens is 303 g/mol. The van der Waals surface area contributed by atoms with Crippen LogP contribution in [0.25, 0.3) is 11.0 Å². The van der Waals surface area contributed by atoms with Gasteiger partial charge in [0.25, 0.3) is 0 Å². The van der Waals surface area contributed by atoms with Gasteiger partial charge in [-0.2, -0.15) is 0 Å². The summed E-state index contributed by atoms with van der Waals surface area (Å²) < 4.78 is 19.5. The number of hydrogen-bond donors (Lipinski definition) is 0. The van der Waals surface area contributed by atoms with Crippen molar-refractivity contribution in [3.05, 3.63) is 58.6 Å². The van der Waals surface area contributed by atoms with Crippen molar-refractivity contribution < 1.29 is 8.81 Å². The predicted octanol–water partition coefficient (Wildman–Crippen LogP) is 5.11. The lowest BCUT2D eigenvalue weighted by Gasteiger charge is -2.19. The van der Waals surface area contributed by atoms with Gasteiger partial charge in [0.05, 0.1) is 0 Å². The van der Waals surface area contributed by atoms with Crippen molar-refractivity contribution >= 4 is 22.6 Å². The van der Waals surface area contributed by atoms with E-state index in [0.29, 0.717) is 5.58 Å². The molecule has 0 aliphatic carbocycles. The highest BCUT2D eigenvalue weighted by molar-refractivity contribution is 6.28. The largest absolute Gasteiger partial charge is 0.460 e. The molecule has 0 saturated carbocycles. The second-order valence-corrected chi connectivity index (χ2v) is 6.08. The van der Waals surface area contributed by atoms with Crippen LogP contribution in [-0.4, -0.2) is 9.97 Å². The SMILES string of the molecule is Cc1c([C@H](c2cnc(Cl)nc2)C(C)C)oc2ccc(F)cc12. The van der Waals surface area contributed by atoms with Crippen molar-refractivity contribution in [3.63, 3.8) is 0 Å². The van der Waals surface area contributed by atoms with Gasteiger partial charge in [0.2, 0.25) is 5.28 Å². The maximum Gasteiger partial charge on any atom is 0.222 e. The first-order valence-corrected chi connectivity index (χ1v) is 7.51. The topological polar surface area (TPSA) is 38.9 Å². The summed E-state index contributed by atoms with van der Waals surface area (Å²) >= 11 is 5.77. The van der Waals surface area contributed by atoms with E-state index < -0.39 is 0 Å². The van der Waals surface area contributed by atoms with E-state index >= 15 is 0 Å². The van der Waals surface area contributed by atoms with Gasteiger partial charge in [-0.1, -0.05) is 13.8 Å².